The molecule has 0 spiro atoms. The van der Waals surface area contributed by atoms with Crippen LogP contribution in [-0.4, -0.2) is 23.1 Å². The van der Waals surface area contributed by atoms with Crippen molar-refractivity contribution in [2.45, 2.75) is 112 Å². The molecular formula is C30H46N2O3. The molecule has 8 atom stereocenters. The third-order valence-corrected chi connectivity index (χ3v) is 12.7. The fraction of sp³-hybridized carbons (Fsp3) is 0.833. The number of urea groups is 1. The van der Waals surface area contributed by atoms with Gasteiger partial charge in [0.05, 0.1) is 0 Å². The number of fused-ring (bicyclic) bond motifs is 7. The van der Waals surface area contributed by atoms with Crippen molar-refractivity contribution in [2.75, 3.05) is 0 Å². The summed E-state index contributed by atoms with van der Waals surface area (Å²) in [5.74, 6) is 1.13. The van der Waals surface area contributed by atoms with Gasteiger partial charge in [-0.3, -0.25) is 9.59 Å². The van der Waals surface area contributed by atoms with Crippen molar-refractivity contribution in [3.05, 3.63) is 11.6 Å². The predicted octanol–water partition coefficient (Wildman–Crippen LogP) is 5.96. The molecule has 4 fully saturated rings. The maximum atomic E-state index is 14.3. The van der Waals surface area contributed by atoms with Gasteiger partial charge in [-0.25, -0.2) is 4.79 Å². The second-order valence-electron chi connectivity index (χ2n) is 14.9. The minimum absolute atomic E-state index is 0.0436. The molecule has 5 heteroatoms. The molecule has 5 aliphatic rings. The quantitative estimate of drug-likeness (QED) is 0.483. The molecule has 0 aromatic carbocycles. The number of allylic oxidation sites excluding steroid dienone is 2. The number of hydrogen-bond acceptors (Lipinski definition) is 3. The highest BCUT2D eigenvalue weighted by atomic mass is 16.2. The second kappa shape index (κ2) is 7.22. The lowest BCUT2D eigenvalue weighted by Crippen LogP contribution is -2.66. The fourth-order valence-corrected chi connectivity index (χ4v) is 10.4. The van der Waals surface area contributed by atoms with Gasteiger partial charge in [0.25, 0.3) is 0 Å². The SMILES string of the molecule is CC1(C)C(=O)CC[C@@]2(C)C1CC[C@]1(C)C2C(=O)C=C2[C@@H]3C[C@](C)(NC(N)=O)CC[C@]3(C)CC[C@]21C. The van der Waals surface area contributed by atoms with Crippen LogP contribution in [0.15, 0.2) is 11.6 Å². The Morgan fingerprint density at radius 3 is 2.26 bits per heavy atom. The van der Waals surface area contributed by atoms with Crippen LogP contribution in [0.3, 0.4) is 0 Å². The highest BCUT2D eigenvalue weighted by Crippen LogP contribution is 2.74. The summed E-state index contributed by atoms with van der Waals surface area (Å²) in [6.45, 7) is 15.9. The zero-order valence-corrected chi connectivity index (χ0v) is 23.0. The van der Waals surface area contributed by atoms with Crippen LogP contribution < -0.4 is 11.1 Å². The first-order chi connectivity index (χ1) is 16.0. The Morgan fingerprint density at radius 2 is 1.60 bits per heavy atom. The van der Waals surface area contributed by atoms with E-state index in [1.54, 1.807) is 0 Å². The lowest BCUT2D eigenvalue weighted by atomic mass is 9.33. The number of ketones is 2. The third kappa shape index (κ3) is 3.14. The summed E-state index contributed by atoms with van der Waals surface area (Å²) in [7, 11) is 0. The van der Waals surface area contributed by atoms with E-state index in [9.17, 15) is 14.4 Å². The monoisotopic (exact) mass is 482 g/mol. The molecular weight excluding hydrogens is 436 g/mol. The van der Waals surface area contributed by atoms with E-state index in [4.69, 9.17) is 5.73 Å². The van der Waals surface area contributed by atoms with E-state index in [1.165, 1.54) is 5.57 Å². The van der Waals surface area contributed by atoms with Gasteiger partial charge in [0, 0.05) is 23.3 Å². The first-order valence-corrected chi connectivity index (χ1v) is 13.9. The van der Waals surface area contributed by atoms with Gasteiger partial charge < -0.3 is 11.1 Å². The number of amides is 2. The number of carbonyl (C=O) groups is 3. The zero-order chi connectivity index (χ0) is 25.8. The van der Waals surface area contributed by atoms with Crippen LogP contribution in [0.4, 0.5) is 4.79 Å². The summed E-state index contributed by atoms with van der Waals surface area (Å²) in [5.41, 5.74) is 6.01. The summed E-state index contributed by atoms with van der Waals surface area (Å²) in [5, 5.41) is 3.04. The largest absolute Gasteiger partial charge is 0.352 e. The van der Waals surface area contributed by atoms with Crippen LogP contribution in [0.5, 0.6) is 0 Å². The molecule has 194 valence electrons. The highest BCUT2D eigenvalue weighted by molar-refractivity contribution is 5.96. The minimum Gasteiger partial charge on any atom is -0.352 e. The molecule has 0 saturated heterocycles. The van der Waals surface area contributed by atoms with Crippen LogP contribution in [0, 0.1) is 44.8 Å². The molecule has 0 aliphatic heterocycles. The van der Waals surface area contributed by atoms with Crippen molar-refractivity contribution < 1.29 is 14.4 Å². The van der Waals surface area contributed by atoms with Gasteiger partial charge in [-0.15, -0.1) is 0 Å². The molecule has 5 aliphatic carbocycles. The Labute approximate surface area is 211 Å². The van der Waals surface area contributed by atoms with Gasteiger partial charge in [-0.1, -0.05) is 47.1 Å². The fourth-order valence-electron chi connectivity index (χ4n) is 10.4. The third-order valence-electron chi connectivity index (χ3n) is 12.7. The number of Topliss-reactive ketones (excluding diaryl/α,β-unsaturated/α-hetero) is 1. The minimum atomic E-state index is -0.462. The Kier molecular flexibility index (Phi) is 5.16. The van der Waals surface area contributed by atoms with Crippen molar-refractivity contribution >= 4 is 17.6 Å². The molecule has 4 saturated carbocycles. The van der Waals surface area contributed by atoms with E-state index in [1.807, 2.05) is 0 Å². The molecule has 2 amide bonds. The number of rotatable bonds is 1. The summed E-state index contributed by atoms with van der Waals surface area (Å²) >= 11 is 0. The lowest BCUT2D eigenvalue weighted by molar-refractivity contribution is -0.187. The van der Waals surface area contributed by atoms with Crippen molar-refractivity contribution in [3.8, 4) is 0 Å². The molecule has 0 aromatic heterocycles. The van der Waals surface area contributed by atoms with Crippen LogP contribution in [0.25, 0.3) is 0 Å². The van der Waals surface area contributed by atoms with E-state index < -0.39 is 6.03 Å². The first kappa shape index (κ1) is 25.0. The highest BCUT2D eigenvalue weighted by Gasteiger charge is 2.70. The summed E-state index contributed by atoms with van der Waals surface area (Å²) < 4.78 is 0. The van der Waals surface area contributed by atoms with Gasteiger partial charge in [-0.05, 0) is 97.9 Å². The standard InChI is InChI=1S/C30H46N2O3/c1-25(2)21-8-11-30(7)23(28(21,5)10-9-22(25)34)20(33)16-18-19-17-27(4,32-24(31)35)14-12-26(19,3)13-15-29(18,30)6/h16,19,21,23H,8-15,17H2,1-7H3,(H3,31,32,35)/t19-,21?,23?,26+,27+,28-,29+,30+/m0/s1. The molecule has 2 unspecified atom stereocenters. The lowest BCUT2D eigenvalue weighted by Gasteiger charge is -2.70. The maximum absolute atomic E-state index is 14.3. The maximum Gasteiger partial charge on any atom is 0.312 e. The Hall–Kier alpha value is -1.65. The second-order valence-corrected chi connectivity index (χ2v) is 14.9. The Bertz CT molecular complexity index is 1030. The van der Waals surface area contributed by atoms with E-state index in [0.29, 0.717) is 12.2 Å². The Morgan fingerprint density at radius 1 is 0.943 bits per heavy atom. The van der Waals surface area contributed by atoms with Crippen molar-refractivity contribution in [2.24, 2.45) is 50.6 Å². The average Bonchev–Trinajstić information content (AvgIpc) is 2.73. The number of carbonyl (C=O) groups excluding carboxylic acids is 3. The van der Waals surface area contributed by atoms with E-state index in [0.717, 1.165) is 51.4 Å². The van der Waals surface area contributed by atoms with Gasteiger partial charge in [0.2, 0.25) is 0 Å². The van der Waals surface area contributed by atoms with Gasteiger partial charge in [0.15, 0.2) is 5.78 Å². The molecule has 0 bridgehead atoms. The smallest absolute Gasteiger partial charge is 0.312 e. The van der Waals surface area contributed by atoms with Crippen molar-refractivity contribution in [1.29, 1.82) is 0 Å². The van der Waals surface area contributed by atoms with Crippen LogP contribution >= 0.6 is 0 Å². The summed E-state index contributed by atoms with van der Waals surface area (Å²) in [6, 6.07) is -0.462. The summed E-state index contributed by atoms with van der Waals surface area (Å²) in [4.78, 5) is 39.0. The molecule has 0 heterocycles. The molecule has 5 rings (SSSR count). The number of hydrogen-bond donors (Lipinski definition) is 2. The number of nitrogens with one attached hydrogen (secondary N) is 1. The first-order valence-electron chi connectivity index (χ1n) is 13.9. The molecule has 5 nitrogen and oxygen atoms in total. The van der Waals surface area contributed by atoms with Crippen molar-refractivity contribution in [3.63, 3.8) is 0 Å². The average molecular weight is 483 g/mol. The van der Waals surface area contributed by atoms with E-state index in [2.05, 4.69) is 59.9 Å². The molecule has 0 aromatic rings. The molecule has 35 heavy (non-hydrogen) atoms. The van der Waals surface area contributed by atoms with Crippen molar-refractivity contribution in [1.82, 2.24) is 5.32 Å². The van der Waals surface area contributed by atoms with Gasteiger partial charge in [-0.2, -0.15) is 0 Å². The molecule has 0 radical (unpaired) electrons. The van der Waals surface area contributed by atoms with Crippen LogP contribution in [0.2, 0.25) is 0 Å². The normalized spacial score (nSPS) is 50.7. The predicted molar refractivity (Wildman–Crippen MR) is 137 cm³/mol. The van der Waals surface area contributed by atoms with Gasteiger partial charge in [0.1, 0.15) is 5.78 Å². The summed E-state index contributed by atoms with van der Waals surface area (Å²) in [6.07, 6.45) is 10.5. The Balaban J connectivity index is 1.60. The van der Waals surface area contributed by atoms with E-state index in [-0.39, 0.29) is 56.2 Å². The van der Waals surface area contributed by atoms with Crippen LogP contribution in [0.1, 0.15) is 106 Å². The topological polar surface area (TPSA) is 89.3 Å². The van der Waals surface area contributed by atoms with Crippen LogP contribution in [-0.2, 0) is 9.59 Å². The number of primary amides is 1. The molecule has 3 N–H and O–H groups in total. The van der Waals surface area contributed by atoms with E-state index >= 15 is 0 Å². The zero-order valence-electron chi connectivity index (χ0n) is 23.0. The van der Waals surface area contributed by atoms with Gasteiger partial charge >= 0.3 is 6.03 Å². The number of nitrogens with two attached hydrogens (primary N) is 1.